The predicted molar refractivity (Wildman–Crippen MR) is 78.2 cm³/mol. The third kappa shape index (κ3) is 3.91. The van der Waals surface area contributed by atoms with Crippen LogP contribution >= 0.6 is 0 Å². The molecule has 106 valence electrons. The summed E-state index contributed by atoms with van der Waals surface area (Å²) in [5, 5.41) is 3.58. The summed E-state index contributed by atoms with van der Waals surface area (Å²) in [4.78, 5) is 4.51. The standard InChI is InChI=1S/C15H24FN3/c1-12-7-8-17-14(10-18(2)3)11-19(12)15-6-4-5-13(16)9-15/h4-6,9,12,14,17H,7-8,10-11H2,1-3H3. The van der Waals surface area contributed by atoms with Crippen LogP contribution in [0.3, 0.4) is 0 Å². The van der Waals surface area contributed by atoms with E-state index in [0.717, 1.165) is 31.7 Å². The van der Waals surface area contributed by atoms with Crippen LogP contribution in [-0.2, 0) is 0 Å². The van der Waals surface area contributed by atoms with E-state index in [4.69, 9.17) is 0 Å². The Bertz CT molecular complexity index is 408. The minimum atomic E-state index is -0.161. The quantitative estimate of drug-likeness (QED) is 0.901. The third-order valence-electron chi connectivity index (χ3n) is 3.67. The first-order valence-corrected chi connectivity index (χ1v) is 6.96. The fourth-order valence-electron chi connectivity index (χ4n) is 2.71. The number of likely N-dealkylation sites (N-methyl/N-ethyl adjacent to an activating group) is 1. The van der Waals surface area contributed by atoms with Crippen molar-refractivity contribution in [1.29, 1.82) is 0 Å². The Hall–Kier alpha value is -1.13. The summed E-state index contributed by atoms with van der Waals surface area (Å²) in [6.07, 6.45) is 1.08. The molecule has 1 aliphatic rings. The lowest BCUT2D eigenvalue weighted by Gasteiger charge is -2.32. The number of nitrogens with one attached hydrogen (secondary N) is 1. The van der Waals surface area contributed by atoms with E-state index >= 15 is 0 Å². The lowest BCUT2D eigenvalue weighted by atomic mass is 10.1. The summed E-state index contributed by atoms with van der Waals surface area (Å²) in [7, 11) is 4.17. The molecule has 2 unspecified atom stereocenters. The molecule has 0 spiro atoms. The summed E-state index contributed by atoms with van der Waals surface area (Å²) in [5.74, 6) is -0.161. The van der Waals surface area contributed by atoms with E-state index in [-0.39, 0.29) is 5.82 Å². The van der Waals surface area contributed by atoms with Gasteiger partial charge in [-0.3, -0.25) is 0 Å². The highest BCUT2D eigenvalue weighted by Crippen LogP contribution is 2.21. The zero-order chi connectivity index (χ0) is 13.8. The molecule has 1 heterocycles. The molecular formula is C15H24FN3. The van der Waals surface area contributed by atoms with Crippen LogP contribution < -0.4 is 10.2 Å². The molecule has 0 aromatic heterocycles. The van der Waals surface area contributed by atoms with Gasteiger partial charge in [0.15, 0.2) is 0 Å². The number of hydrogen-bond acceptors (Lipinski definition) is 3. The second-order valence-electron chi connectivity index (χ2n) is 5.68. The fourth-order valence-corrected chi connectivity index (χ4v) is 2.71. The maximum atomic E-state index is 13.4. The van der Waals surface area contributed by atoms with E-state index in [1.54, 1.807) is 12.1 Å². The SMILES string of the molecule is CC1CCNC(CN(C)C)CN1c1cccc(F)c1. The lowest BCUT2D eigenvalue weighted by Crippen LogP contribution is -2.45. The minimum absolute atomic E-state index is 0.161. The van der Waals surface area contributed by atoms with Crippen molar-refractivity contribution in [2.24, 2.45) is 0 Å². The van der Waals surface area contributed by atoms with Crippen molar-refractivity contribution in [3.63, 3.8) is 0 Å². The summed E-state index contributed by atoms with van der Waals surface area (Å²) < 4.78 is 13.4. The van der Waals surface area contributed by atoms with Crippen LogP contribution in [0.4, 0.5) is 10.1 Å². The molecule has 1 aliphatic heterocycles. The molecule has 19 heavy (non-hydrogen) atoms. The Morgan fingerprint density at radius 3 is 2.89 bits per heavy atom. The zero-order valence-corrected chi connectivity index (χ0v) is 12.1. The maximum Gasteiger partial charge on any atom is 0.125 e. The van der Waals surface area contributed by atoms with Crippen LogP contribution in [0.15, 0.2) is 24.3 Å². The highest BCUT2D eigenvalue weighted by atomic mass is 19.1. The van der Waals surface area contributed by atoms with Crippen LogP contribution in [0.1, 0.15) is 13.3 Å². The smallest absolute Gasteiger partial charge is 0.125 e. The van der Waals surface area contributed by atoms with E-state index in [0.29, 0.717) is 12.1 Å². The first-order valence-electron chi connectivity index (χ1n) is 6.96. The average molecular weight is 265 g/mol. The third-order valence-corrected chi connectivity index (χ3v) is 3.67. The summed E-state index contributed by atoms with van der Waals surface area (Å²) in [6, 6.07) is 7.77. The van der Waals surface area contributed by atoms with Gasteiger partial charge in [0, 0.05) is 30.9 Å². The number of anilines is 1. The maximum absolute atomic E-state index is 13.4. The van der Waals surface area contributed by atoms with Gasteiger partial charge in [0.2, 0.25) is 0 Å². The van der Waals surface area contributed by atoms with Crippen molar-refractivity contribution < 1.29 is 4.39 Å². The van der Waals surface area contributed by atoms with Crippen molar-refractivity contribution >= 4 is 5.69 Å². The second kappa shape index (κ2) is 6.35. The normalized spacial score (nSPS) is 24.6. The van der Waals surface area contributed by atoms with Crippen molar-refractivity contribution in [3.05, 3.63) is 30.1 Å². The topological polar surface area (TPSA) is 18.5 Å². The molecule has 0 aliphatic carbocycles. The van der Waals surface area contributed by atoms with Gasteiger partial charge < -0.3 is 15.1 Å². The highest BCUT2D eigenvalue weighted by molar-refractivity contribution is 5.47. The average Bonchev–Trinajstić information content (AvgIpc) is 2.51. The molecule has 1 fully saturated rings. The van der Waals surface area contributed by atoms with Crippen LogP contribution in [0, 0.1) is 5.82 Å². The molecule has 2 atom stereocenters. The van der Waals surface area contributed by atoms with Crippen LogP contribution in [0.25, 0.3) is 0 Å². The van der Waals surface area contributed by atoms with Crippen molar-refractivity contribution in [2.45, 2.75) is 25.4 Å². The first kappa shape index (κ1) is 14.3. The molecule has 3 nitrogen and oxygen atoms in total. The van der Waals surface area contributed by atoms with Gasteiger partial charge in [0.05, 0.1) is 0 Å². The Morgan fingerprint density at radius 2 is 2.21 bits per heavy atom. The van der Waals surface area contributed by atoms with Gasteiger partial charge in [-0.25, -0.2) is 4.39 Å². The van der Waals surface area contributed by atoms with E-state index in [1.807, 2.05) is 6.07 Å². The van der Waals surface area contributed by atoms with Crippen molar-refractivity contribution in [2.75, 3.05) is 38.6 Å². The second-order valence-corrected chi connectivity index (χ2v) is 5.68. The van der Waals surface area contributed by atoms with Gasteiger partial charge in [-0.05, 0) is 52.2 Å². The molecule has 1 aromatic carbocycles. The Kier molecular flexibility index (Phi) is 4.77. The fraction of sp³-hybridized carbons (Fsp3) is 0.600. The number of hydrogen-bond donors (Lipinski definition) is 1. The Morgan fingerprint density at radius 1 is 1.42 bits per heavy atom. The number of nitrogens with zero attached hydrogens (tertiary/aromatic N) is 2. The molecule has 1 saturated heterocycles. The van der Waals surface area contributed by atoms with Gasteiger partial charge in [-0.1, -0.05) is 6.07 Å². The Balaban J connectivity index is 2.15. The van der Waals surface area contributed by atoms with E-state index < -0.39 is 0 Å². The van der Waals surface area contributed by atoms with Gasteiger partial charge in [-0.2, -0.15) is 0 Å². The number of rotatable bonds is 3. The number of halogens is 1. The van der Waals surface area contributed by atoms with Crippen molar-refractivity contribution in [3.8, 4) is 0 Å². The van der Waals surface area contributed by atoms with Crippen molar-refractivity contribution in [1.82, 2.24) is 10.2 Å². The molecular weight excluding hydrogens is 241 g/mol. The summed E-state index contributed by atoms with van der Waals surface area (Å²) in [5.41, 5.74) is 0.986. The van der Waals surface area contributed by atoms with Gasteiger partial charge in [0.1, 0.15) is 5.82 Å². The first-order chi connectivity index (χ1) is 9.06. The van der Waals surface area contributed by atoms with Crippen LogP contribution in [-0.4, -0.2) is 50.7 Å². The molecule has 4 heteroatoms. The predicted octanol–water partition coefficient (Wildman–Crippen LogP) is 1.94. The Labute approximate surface area is 115 Å². The highest BCUT2D eigenvalue weighted by Gasteiger charge is 2.23. The zero-order valence-electron chi connectivity index (χ0n) is 12.1. The van der Waals surface area contributed by atoms with Crippen LogP contribution in [0.5, 0.6) is 0 Å². The monoisotopic (exact) mass is 265 g/mol. The molecule has 0 amide bonds. The summed E-state index contributed by atoms with van der Waals surface area (Å²) in [6.45, 7) is 5.15. The largest absolute Gasteiger partial charge is 0.367 e. The van der Waals surface area contributed by atoms with Gasteiger partial charge in [0.25, 0.3) is 0 Å². The van der Waals surface area contributed by atoms with Gasteiger partial charge in [-0.15, -0.1) is 0 Å². The minimum Gasteiger partial charge on any atom is -0.367 e. The molecule has 0 bridgehead atoms. The molecule has 0 radical (unpaired) electrons. The molecule has 1 aromatic rings. The van der Waals surface area contributed by atoms with Gasteiger partial charge >= 0.3 is 0 Å². The molecule has 2 rings (SSSR count). The van der Waals surface area contributed by atoms with Crippen LogP contribution in [0.2, 0.25) is 0 Å². The summed E-state index contributed by atoms with van der Waals surface area (Å²) >= 11 is 0. The van der Waals surface area contributed by atoms with E-state index in [9.17, 15) is 4.39 Å². The van der Waals surface area contributed by atoms with E-state index in [1.165, 1.54) is 6.07 Å². The molecule has 0 saturated carbocycles. The van der Waals surface area contributed by atoms with E-state index in [2.05, 4.69) is 36.1 Å². The lowest BCUT2D eigenvalue weighted by molar-refractivity contribution is 0.346. The number of benzene rings is 1. The molecule has 1 N–H and O–H groups in total.